The van der Waals surface area contributed by atoms with E-state index in [1.54, 1.807) is 11.8 Å². The average Bonchev–Trinajstić information content (AvgIpc) is 2.91. The Bertz CT molecular complexity index is 817. The summed E-state index contributed by atoms with van der Waals surface area (Å²) >= 11 is 1.56. The Morgan fingerprint density at radius 2 is 1.95 bits per heavy atom. The van der Waals surface area contributed by atoms with E-state index in [1.807, 2.05) is 54.6 Å². The van der Waals surface area contributed by atoms with E-state index in [2.05, 4.69) is 15.2 Å². The van der Waals surface area contributed by atoms with Gasteiger partial charge in [-0.2, -0.15) is 0 Å². The molecule has 0 aliphatic rings. The number of nitrogens with zero attached hydrogens (tertiary/aromatic N) is 4. The molecule has 22 heavy (non-hydrogen) atoms. The van der Waals surface area contributed by atoms with E-state index in [-0.39, 0.29) is 0 Å². The van der Waals surface area contributed by atoms with E-state index in [1.165, 1.54) is 0 Å². The molecule has 5 nitrogen and oxygen atoms in total. The lowest BCUT2D eigenvalue weighted by Crippen LogP contribution is -2.02. The van der Waals surface area contributed by atoms with Gasteiger partial charge in [-0.3, -0.25) is 8.61 Å². The van der Waals surface area contributed by atoms with Gasteiger partial charge >= 0.3 is 0 Å². The Kier molecular flexibility index (Phi) is 4.54. The highest BCUT2D eigenvalue weighted by Crippen LogP contribution is 2.19. The molecule has 0 saturated heterocycles. The molecule has 0 unspecified atom stereocenters. The van der Waals surface area contributed by atoms with E-state index in [4.69, 9.17) is 0 Å². The predicted octanol–water partition coefficient (Wildman–Crippen LogP) is 2.64. The number of aromatic nitrogens is 4. The Morgan fingerprint density at radius 3 is 2.73 bits per heavy atom. The standard InChI is InChI=1S/C15H16N4OS2/c1-11-10-14-17-18-15(19(14)12(2)16-11)21-8-9-22(20)13-6-4-3-5-7-13/h3-7,10H,8-9H2,1-2H3/t22-/m1/s1. The highest BCUT2D eigenvalue weighted by Gasteiger charge is 2.11. The van der Waals surface area contributed by atoms with Gasteiger partial charge in [-0.05, 0) is 26.0 Å². The molecule has 0 aliphatic carbocycles. The van der Waals surface area contributed by atoms with Crippen molar-refractivity contribution in [1.29, 1.82) is 0 Å². The second kappa shape index (κ2) is 6.58. The van der Waals surface area contributed by atoms with Crippen LogP contribution < -0.4 is 0 Å². The minimum absolute atomic E-state index is 0.585. The van der Waals surface area contributed by atoms with E-state index in [9.17, 15) is 4.21 Å². The number of hydrogen-bond donors (Lipinski definition) is 0. The predicted molar refractivity (Wildman–Crippen MR) is 88.7 cm³/mol. The van der Waals surface area contributed by atoms with Crippen molar-refractivity contribution >= 4 is 28.2 Å². The Hall–Kier alpha value is -1.73. The van der Waals surface area contributed by atoms with Gasteiger partial charge in [0.05, 0.1) is 10.8 Å². The molecular formula is C15H16N4OS2. The zero-order valence-electron chi connectivity index (χ0n) is 12.4. The van der Waals surface area contributed by atoms with Crippen molar-refractivity contribution < 1.29 is 4.21 Å². The van der Waals surface area contributed by atoms with E-state index in [0.29, 0.717) is 5.75 Å². The first-order valence-electron chi connectivity index (χ1n) is 6.91. The molecular weight excluding hydrogens is 316 g/mol. The molecule has 7 heteroatoms. The fourth-order valence-corrected chi connectivity index (χ4v) is 4.47. The summed E-state index contributed by atoms with van der Waals surface area (Å²) in [6, 6.07) is 11.4. The maximum absolute atomic E-state index is 12.2. The molecule has 0 radical (unpaired) electrons. The average molecular weight is 332 g/mol. The fourth-order valence-electron chi connectivity index (χ4n) is 2.20. The zero-order chi connectivity index (χ0) is 15.5. The first kappa shape index (κ1) is 15.2. The molecule has 0 bridgehead atoms. The van der Waals surface area contributed by atoms with Crippen LogP contribution in [0.5, 0.6) is 0 Å². The number of thioether (sulfide) groups is 1. The van der Waals surface area contributed by atoms with E-state index >= 15 is 0 Å². The van der Waals surface area contributed by atoms with Crippen LogP contribution in [0.25, 0.3) is 5.65 Å². The Morgan fingerprint density at radius 1 is 1.18 bits per heavy atom. The van der Waals surface area contributed by atoms with Crippen LogP contribution in [0.1, 0.15) is 11.5 Å². The van der Waals surface area contributed by atoms with Crippen LogP contribution >= 0.6 is 11.8 Å². The summed E-state index contributed by atoms with van der Waals surface area (Å²) < 4.78 is 14.1. The molecule has 0 spiro atoms. The van der Waals surface area contributed by atoms with Gasteiger partial charge in [-0.1, -0.05) is 30.0 Å². The third-order valence-corrected chi connectivity index (χ3v) is 5.73. The van der Waals surface area contributed by atoms with Gasteiger partial charge in [-0.15, -0.1) is 10.2 Å². The lowest BCUT2D eigenvalue weighted by molar-refractivity contribution is 0.684. The van der Waals surface area contributed by atoms with Crippen molar-refractivity contribution in [2.75, 3.05) is 11.5 Å². The molecule has 0 fully saturated rings. The van der Waals surface area contributed by atoms with Crippen molar-refractivity contribution in [1.82, 2.24) is 19.6 Å². The molecule has 2 aromatic heterocycles. The van der Waals surface area contributed by atoms with Gasteiger partial charge in [0.1, 0.15) is 5.82 Å². The smallest absolute Gasteiger partial charge is 0.197 e. The largest absolute Gasteiger partial charge is 0.258 e. The van der Waals surface area contributed by atoms with E-state index < -0.39 is 10.8 Å². The topological polar surface area (TPSA) is 60.2 Å². The number of benzene rings is 1. The van der Waals surface area contributed by atoms with Crippen LogP contribution in [0.15, 0.2) is 46.5 Å². The first-order chi connectivity index (χ1) is 10.6. The van der Waals surface area contributed by atoms with Gasteiger partial charge in [0, 0.05) is 28.2 Å². The SMILES string of the molecule is Cc1cc2nnc(SCC[S@@](=O)c3ccccc3)n2c(C)n1. The Balaban J connectivity index is 1.69. The lowest BCUT2D eigenvalue weighted by atomic mass is 10.4. The summed E-state index contributed by atoms with van der Waals surface area (Å²) in [5.41, 5.74) is 1.73. The van der Waals surface area contributed by atoms with Gasteiger partial charge in [-0.25, -0.2) is 4.98 Å². The third-order valence-electron chi connectivity index (χ3n) is 3.16. The highest BCUT2D eigenvalue weighted by molar-refractivity contribution is 8.00. The molecule has 1 atom stereocenters. The summed E-state index contributed by atoms with van der Waals surface area (Å²) in [6.45, 7) is 3.88. The Labute approximate surface area is 135 Å². The van der Waals surface area contributed by atoms with Gasteiger partial charge in [0.25, 0.3) is 0 Å². The highest BCUT2D eigenvalue weighted by atomic mass is 32.2. The quantitative estimate of drug-likeness (QED) is 0.672. The third kappa shape index (κ3) is 3.20. The molecule has 1 aromatic carbocycles. The van der Waals surface area contributed by atoms with Crippen molar-refractivity contribution in [2.45, 2.75) is 23.9 Å². The normalized spacial score (nSPS) is 12.6. The molecule has 2 heterocycles. The number of rotatable bonds is 5. The van der Waals surface area contributed by atoms with Gasteiger partial charge < -0.3 is 0 Å². The van der Waals surface area contributed by atoms with Crippen LogP contribution in [0.3, 0.4) is 0 Å². The monoisotopic (exact) mass is 332 g/mol. The summed E-state index contributed by atoms with van der Waals surface area (Å²) in [5.74, 6) is 2.17. The number of hydrogen-bond acceptors (Lipinski definition) is 5. The summed E-state index contributed by atoms with van der Waals surface area (Å²) in [5, 5.41) is 9.17. The van der Waals surface area contributed by atoms with Crippen LogP contribution in [0, 0.1) is 13.8 Å². The van der Waals surface area contributed by atoms with Crippen molar-refractivity contribution in [3.8, 4) is 0 Å². The summed E-state index contributed by atoms with van der Waals surface area (Å²) in [4.78, 5) is 5.30. The molecule has 3 aromatic rings. The number of aryl methyl sites for hydroxylation is 2. The maximum atomic E-state index is 12.2. The molecule has 0 amide bonds. The van der Waals surface area contributed by atoms with Crippen molar-refractivity contribution in [3.63, 3.8) is 0 Å². The molecule has 0 aliphatic heterocycles. The second-order valence-electron chi connectivity index (χ2n) is 4.83. The molecule has 0 N–H and O–H groups in total. The minimum atomic E-state index is -0.982. The van der Waals surface area contributed by atoms with Crippen molar-refractivity contribution in [2.24, 2.45) is 0 Å². The van der Waals surface area contributed by atoms with Crippen LogP contribution in [0.2, 0.25) is 0 Å². The fraction of sp³-hybridized carbons (Fsp3) is 0.267. The lowest BCUT2D eigenvalue weighted by Gasteiger charge is -2.04. The van der Waals surface area contributed by atoms with E-state index in [0.717, 1.165) is 33.0 Å². The van der Waals surface area contributed by atoms with Gasteiger partial charge in [0.15, 0.2) is 10.8 Å². The molecule has 3 rings (SSSR count). The van der Waals surface area contributed by atoms with Gasteiger partial charge in [0.2, 0.25) is 0 Å². The summed E-state index contributed by atoms with van der Waals surface area (Å²) in [6.07, 6.45) is 0. The minimum Gasteiger partial charge on any atom is -0.258 e. The zero-order valence-corrected chi connectivity index (χ0v) is 14.0. The molecule has 0 saturated carbocycles. The summed E-state index contributed by atoms with van der Waals surface area (Å²) in [7, 11) is -0.982. The first-order valence-corrected chi connectivity index (χ1v) is 9.21. The maximum Gasteiger partial charge on any atom is 0.197 e. The number of fused-ring (bicyclic) bond motifs is 1. The van der Waals surface area contributed by atoms with Crippen LogP contribution in [-0.2, 0) is 10.8 Å². The van der Waals surface area contributed by atoms with Crippen LogP contribution in [0.4, 0.5) is 0 Å². The van der Waals surface area contributed by atoms with Crippen molar-refractivity contribution in [3.05, 3.63) is 47.9 Å². The van der Waals surface area contributed by atoms with Crippen LogP contribution in [-0.4, -0.2) is 35.3 Å². The second-order valence-corrected chi connectivity index (χ2v) is 7.46. The molecule has 114 valence electrons.